The summed E-state index contributed by atoms with van der Waals surface area (Å²) in [6.07, 6.45) is -0.582. The summed E-state index contributed by atoms with van der Waals surface area (Å²) < 4.78 is 9.97. The topological polar surface area (TPSA) is 122 Å². The van der Waals surface area contributed by atoms with Gasteiger partial charge in [-0.25, -0.2) is 14.5 Å². The summed E-state index contributed by atoms with van der Waals surface area (Å²) in [5.41, 5.74) is 0.734. The van der Waals surface area contributed by atoms with Gasteiger partial charge in [0.15, 0.2) is 0 Å². The molecule has 28 heavy (non-hydrogen) atoms. The molecule has 0 aliphatic heterocycles. The number of carboxylic acid groups (broad SMARTS) is 1. The molecule has 1 unspecified atom stereocenters. The van der Waals surface area contributed by atoms with Crippen LogP contribution in [0.3, 0.4) is 0 Å². The zero-order chi connectivity index (χ0) is 20.7. The van der Waals surface area contributed by atoms with E-state index in [0.717, 1.165) is 10.5 Å². The molecule has 1 aromatic carbocycles. The SMILES string of the molecule is CCOC(=O)N(C(=O)C(NC(=O)OCc1ccccc1)[C@H](C)C(=O)O)C1CC1. The fourth-order valence-corrected chi connectivity index (χ4v) is 2.53. The minimum absolute atomic E-state index is 0.0424. The lowest BCUT2D eigenvalue weighted by Crippen LogP contribution is -2.55. The van der Waals surface area contributed by atoms with Crippen molar-refractivity contribution in [2.75, 3.05) is 6.61 Å². The Balaban J connectivity index is 2.09. The molecule has 3 amide bonds. The van der Waals surface area contributed by atoms with Crippen LogP contribution in [0.25, 0.3) is 0 Å². The van der Waals surface area contributed by atoms with E-state index in [1.165, 1.54) is 6.92 Å². The zero-order valence-electron chi connectivity index (χ0n) is 15.8. The van der Waals surface area contributed by atoms with Crippen LogP contribution in [0.5, 0.6) is 0 Å². The highest BCUT2D eigenvalue weighted by molar-refractivity contribution is 5.99. The third-order valence-electron chi connectivity index (χ3n) is 4.26. The lowest BCUT2D eigenvalue weighted by molar-refractivity contribution is -0.147. The van der Waals surface area contributed by atoms with Crippen LogP contribution in [-0.2, 0) is 25.7 Å². The maximum absolute atomic E-state index is 12.9. The van der Waals surface area contributed by atoms with E-state index in [4.69, 9.17) is 9.47 Å². The van der Waals surface area contributed by atoms with Crippen molar-refractivity contribution in [3.8, 4) is 0 Å². The van der Waals surface area contributed by atoms with Crippen LogP contribution in [0, 0.1) is 5.92 Å². The zero-order valence-corrected chi connectivity index (χ0v) is 15.8. The van der Waals surface area contributed by atoms with Crippen LogP contribution >= 0.6 is 0 Å². The summed E-state index contributed by atoms with van der Waals surface area (Å²) in [5, 5.41) is 11.6. The molecule has 1 fully saturated rings. The highest BCUT2D eigenvalue weighted by atomic mass is 16.6. The average Bonchev–Trinajstić information content (AvgIpc) is 3.50. The molecule has 0 aromatic heterocycles. The van der Waals surface area contributed by atoms with Gasteiger partial charge in [-0.2, -0.15) is 0 Å². The van der Waals surface area contributed by atoms with Crippen LogP contribution in [-0.4, -0.2) is 52.8 Å². The lowest BCUT2D eigenvalue weighted by atomic mass is 10.0. The van der Waals surface area contributed by atoms with E-state index >= 15 is 0 Å². The summed E-state index contributed by atoms with van der Waals surface area (Å²) in [6, 6.07) is 7.07. The van der Waals surface area contributed by atoms with Gasteiger partial charge in [-0.1, -0.05) is 30.3 Å². The summed E-state index contributed by atoms with van der Waals surface area (Å²) >= 11 is 0. The van der Waals surface area contributed by atoms with Crippen molar-refractivity contribution < 1.29 is 33.8 Å². The number of alkyl carbamates (subject to hydrolysis) is 1. The van der Waals surface area contributed by atoms with Crippen molar-refractivity contribution >= 4 is 24.1 Å². The van der Waals surface area contributed by atoms with Crippen molar-refractivity contribution in [2.45, 2.75) is 45.4 Å². The van der Waals surface area contributed by atoms with Crippen molar-refractivity contribution in [3.63, 3.8) is 0 Å². The number of imide groups is 1. The molecule has 0 radical (unpaired) electrons. The molecule has 1 aliphatic carbocycles. The number of nitrogens with zero attached hydrogens (tertiary/aromatic N) is 1. The number of hydrogen-bond acceptors (Lipinski definition) is 6. The molecule has 1 saturated carbocycles. The number of benzene rings is 1. The van der Waals surface area contributed by atoms with Gasteiger partial charge in [0.05, 0.1) is 12.5 Å². The van der Waals surface area contributed by atoms with Crippen molar-refractivity contribution in [1.82, 2.24) is 10.2 Å². The molecular weight excluding hydrogens is 368 g/mol. The van der Waals surface area contributed by atoms with Crippen molar-refractivity contribution in [2.24, 2.45) is 5.92 Å². The van der Waals surface area contributed by atoms with Crippen molar-refractivity contribution in [1.29, 1.82) is 0 Å². The first-order chi connectivity index (χ1) is 13.3. The van der Waals surface area contributed by atoms with Crippen LogP contribution < -0.4 is 5.32 Å². The van der Waals surface area contributed by atoms with E-state index in [-0.39, 0.29) is 19.3 Å². The van der Waals surface area contributed by atoms with Crippen LogP contribution in [0.1, 0.15) is 32.3 Å². The van der Waals surface area contributed by atoms with Gasteiger partial charge >= 0.3 is 18.2 Å². The standard InChI is InChI=1S/C19H24N2O7/c1-3-27-19(26)21(14-9-10-14)16(22)15(12(2)17(23)24)20-18(25)28-11-13-7-5-4-6-8-13/h4-8,12,14-15H,3,9-11H2,1-2H3,(H,20,25)(H,23,24)/t12-,15?/m0/s1. The quantitative estimate of drug-likeness (QED) is 0.695. The summed E-state index contributed by atoms with van der Waals surface area (Å²) in [6.45, 7) is 2.91. The molecule has 1 aliphatic rings. The Labute approximate surface area is 162 Å². The molecule has 1 aromatic rings. The van der Waals surface area contributed by atoms with Gasteiger partial charge in [0.25, 0.3) is 5.91 Å². The van der Waals surface area contributed by atoms with Gasteiger partial charge in [-0.05, 0) is 32.3 Å². The highest BCUT2D eigenvalue weighted by Crippen LogP contribution is 2.29. The molecule has 9 nitrogen and oxygen atoms in total. The monoisotopic (exact) mass is 392 g/mol. The lowest BCUT2D eigenvalue weighted by Gasteiger charge is -2.27. The molecule has 0 saturated heterocycles. The van der Waals surface area contributed by atoms with Gasteiger partial charge in [0.1, 0.15) is 12.6 Å². The second kappa shape index (κ2) is 9.72. The smallest absolute Gasteiger partial charge is 0.416 e. The third-order valence-corrected chi connectivity index (χ3v) is 4.26. The van der Waals surface area contributed by atoms with E-state index in [1.54, 1.807) is 31.2 Å². The number of hydrogen-bond donors (Lipinski definition) is 2. The number of amides is 3. The fraction of sp³-hybridized carbons (Fsp3) is 0.474. The molecule has 0 bridgehead atoms. The predicted molar refractivity (Wildman–Crippen MR) is 97.2 cm³/mol. The normalized spacial score (nSPS) is 15.1. The van der Waals surface area contributed by atoms with E-state index in [0.29, 0.717) is 12.8 Å². The summed E-state index contributed by atoms with van der Waals surface area (Å²) in [5.74, 6) is -3.39. The molecule has 0 spiro atoms. The minimum Gasteiger partial charge on any atom is -0.481 e. The number of rotatable bonds is 8. The Morgan fingerprint density at radius 1 is 1.18 bits per heavy atom. The molecule has 152 valence electrons. The van der Waals surface area contributed by atoms with E-state index < -0.39 is 36.0 Å². The van der Waals surface area contributed by atoms with Crippen LogP contribution in [0.15, 0.2) is 30.3 Å². The molecule has 9 heteroatoms. The summed E-state index contributed by atoms with van der Waals surface area (Å²) in [7, 11) is 0. The number of ether oxygens (including phenoxy) is 2. The summed E-state index contributed by atoms with van der Waals surface area (Å²) in [4.78, 5) is 49.5. The first-order valence-corrected chi connectivity index (χ1v) is 9.05. The van der Waals surface area contributed by atoms with E-state index in [1.807, 2.05) is 6.07 Å². The average molecular weight is 392 g/mol. The second-order valence-electron chi connectivity index (χ2n) is 6.45. The van der Waals surface area contributed by atoms with Gasteiger partial charge in [0.2, 0.25) is 0 Å². The Kier molecular flexibility index (Phi) is 7.36. The highest BCUT2D eigenvalue weighted by Gasteiger charge is 2.44. The fourth-order valence-electron chi connectivity index (χ4n) is 2.53. The Morgan fingerprint density at radius 2 is 1.82 bits per heavy atom. The molecule has 2 rings (SSSR count). The number of carboxylic acids is 1. The maximum Gasteiger partial charge on any atom is 0.416 e. The number of carbonyl (C=O) groups excluding carboxylic acids is 3. The largest absolute Gasteiger partial charge is 0.481 e. The third kappa shape index (κ3) is 5.70. The number of nitrogens with one attached hydrogen (secondary N) is 1. The molecule has 0 heterocycles. The van der Waals surface area contributed by atoms with Gasteiger partial charge in [-0.3, -0.25) is 9.59 Å². The second-order valence-corrected chi connectivity index (χ2v) is 6.45. The van der Waals surface area contributed by atoms with Gasteiger partial charge < -0.3 is 19.9 Å². The van der Waals surface area contributed by atoms with Crippen LogP contribution in [0.4, 0.5) is 9.59 Å². The molecule has 2 atom stereocenters. The molecule has 2 N–H and O–H groups in total. The first-order valence-electron chi connectivity index (χ1n) is 9.05. The predicted octanol–water partition coefficient (Wildman–Crippen LogP) is 2.15. The number of aliphatic carboxylic acids is 1. The van der Waals surface area contributed by atoms with Crippen molar-refractivity contribution in [3.05, 3.63) is 35.9 Å². The Morgan fingerprint density at radius 3 is 2.36 bits per heavy atom. The van der Waals surface area contributed by atoms with Gasteiger partial charge in [-0.15, -0.1) is 0 Å². The Hall–Kier alpha value is -3.10. The minimum atomic E-state index is -1.47. The van der Waals surface area contributed by atoms with E-state index in [2.05, 4.69) is 5.32 Å². The van der Waals surface area contributed by atoms with E-state index in [9.17, 15) is 24.3 Å². The first kappa shape index (κ1) is 21.2. The van der Waals surface area contributed by atoms with Gasteiger partial charge in [0, 0.05) is 6.04 Å². The molecular formula is C19H24N2O7. The maximum atomic E-state index is 12.9. The Bertz CT molecular complexity index is 718. The van der Waals surface area contributed by atoms with Crippen LogP contribution in [0.2, 0.25) is 0 Å². The number of carbonyl (C=O) groups is 4.